The molecule has 0 aliphatic rings. The van der Waals surface area contributed by atoms with Crippen LogP contribution >= 0.6 is 23.2 Å². The number of hydrogen-bond donors (Lipinski definition) is 0. The van der Waals surface area contributed by atoms with Crippen LogP contribution in [0.2, 0.25) is 10.0 Å². The van der Waals surface area contributed by atoms with Crippen LogP contribution in [0.15, 0.2) is 82.0 Å². The van der Waals surface area contributed by atoms with Gasteiger partial charge in [-0.05, 0) is 48.5 Å². The zero-order chi connectivity index (χ0) is 19.0. The monoisotopic (exact) mass is 394 g/mol. The standard InChI is InChI=1S/C22H12Cl2O3/c23-14-11-9-13(10-12-14)22-19(20(25)15-5-1-3-7-17(15)24)21(26)16-6-2-4-8-18(16)27-22/h1-12H. The van der Waals surface area contributed by atoms with Crippen molar-refractivity contribution in [2.45, 2.75) is 0 Å². The minimum Gasteiger partial charge on any atom is -0.455 e. The Kier molecular flexibility index (Phi) is 4.56. The molecule has 0 aliphatic heterocycles. The van der Waals surface area contributed by atoms with Gasteiger partial charge in [0.25, 0.3) is 0 Å². The van der Waals surface area contributed by atoms with Crippen LogP contribution in [0.4, 0.5) is 0 Å². The number of benzene rings is 3. The fourth-order valence-corrected chi connectivity index (χ4v) is 3.28. The van der Waals surface area contributed by atoms with E-state index in [2.05, 4.69) is 0 Å². The molecule has 0 saturated heterocycles. The van der Waals surface area contributed by atoms with Gasteiger partial charge in [0.05, 0.1) is 10.4 Å². The van der Waals surface area contributed by atoms with Gasteiger partial charge in [-0.25, -0.2) is 0 Å². The van der Waals surface area contributed by atoms with E-state index in [0.29, 0.717) is 21.6 Å². The van der Waals surface area contributed by atoms with Crippen LogP contribution in [0.25, 0.3) is 22.3 Å². The molecule has 4 rings (SSSR count). The molecular weight excluding hydrogens is 383 g/mol. The fraction of sp³-hybridized carbons (Fsp3) is 0. The third kappa shape index (κ3) is 3.16. The van der Waals surface area contributed by atoms with Gasteiger partial charge in [0.2, 0.25) is 11.2 Å². The highest BCUT2D eigenvalue weighted by atomic mass is 35.5. The molecule has 1 heterocycles. The molecule has 0 amide bonds. The van der Waals surface area contributed by atoms with Gasteiger partial charge < -0.3 is 4.42 Å². The van der Waals surface area contributed by atoms with Gasteiger partial charge in [-0.3, -0.25) is 9.59 Å². The molecule has 27 heavy (non-hydrogen) atoms. The summed E-state index contributed by atoms with van der Waals surface area (Å²) in [6, 6.07) is 20.2. The first-order valence-corrected chi connectivity index (χ1v) is 8.93. The Labute approximate surface area is 164 Å². The quantitative estimate of drug-likeness (QED) is 0.400. The van der Waals surface area contributed by atoms with Crippen molar-refractivity contribution in [2.24, 2.45) is 0 Å². The molecule has 0 unspecified atom stereocenters. The number of fused-ring (bicyclic) bond motifs is 1. The predicted molar refractivity (Wildman–Crippen MR) is 108 cm³/mol. The lowest BCUT2D eigenvalue weighted by molar-refractivity contribution is 0.103. The molecule has 132 valence electrons. The van der Waals surface area contributed by atoms with Gasteiger partial charge in [0.15, 0.2) is 0 Å². The molecule has 0 radical (unpaired) electrons. The fourth-order valence-electron chi connectivity index (χ4n) is 2.93. The van der Waals surface area contributed by atoms with E-state index in [1.807, 2.05) is 0 Å². The maximum absolute atomic E-state index is 13.2. The van der Waals surface area contributed by atoms with E-state index < -0.39 is 11.2 Å². The topological polar surface area (TPSA) is 47.3 Å². The summed E-state index contributed by atoms with van der Waals surface area (Å²) in [5, 5.41) is 1.16. The van der Waals surface area contributed by atoms with Crippen molar-refractivity contribution in [3.63, 3.8) is 0 Å². The molecule has 0 spiro atoms. The van der Waals surface area contributed by atoms with Crippen molar-refractivity contribution in [3.8, 4) is 11.3 Å². The third-order valence-electron chi connectivity index (χ3n) is 4.25. The maximum atomic E-state index is 13.2. The molecule has 5 heteroatoms. The van der Waals surface area contributed by atoms with Crippen LogP contribution in [0.1, 0.15) is 15.9 Å². The Bertz CT molecular complexity index is 1220. The molecule has 0 atom stereocenters. The summed E-state index contributed by atoms with van der Waals surface area (Å²) >= 11 is 12.2. The number of para-hydroxylation sites is 1. The first kappa shape index (κ1) is 17.5. The molecule has 0 fully saturated rings. The number of carbonyl (C=O) groups is 1. The predicted octanol–water partition coefficient (Wildman–Crippen LogP) is 6.00. The first-order valence-electron chi connectivity index (χ1n) is 8.17. The number of hydrogen-bond acceptors (Lipinski definition) is 3. The van der Waals surface area contributed by atoms with Gasteiger partial charge in [-0.1, -0.05) is 47.5 Å². The molecule has 1 aromatic heterocycles. The van der Waals surface area contributed by atoms with Crippen molar-refractivity contribution in [1.29, 1.82) is 0 Å². The van der Waals surface area contributed by atoms with Gasteiger partial charge in [-0.15, -0.1) is 0 Å². The number of ketones is 1. The highest BCUT2D eigenvalue weighted by Crippen LogP contribution is 2.29. The van der Waals surface area contributed by atoms with Crippen molar-refractivity contribution < 1.29 is 9.21 Å². The second kappa shape index (κ2) is 7.03. The Morgan fingerprint density at radius 1 is 0.815 bits per heavy atom. The molecule has 3 aromatic carbocycles. The Morgan fingerprint density at radius 2 is 1.48 bits per heavy atom. The Morgan fingerprint density at radius 3 is 2.22 bits per heavy atom. The summed E-state index contributed by atoms with van der Waals surface area (Å²) in [4.78, 5) is 26.4. The SMILES string of the molecule is O=C(c1ccccc1Cl)c1c(-c2ccc(Cl)cc2)oc2ccccc2c1=O. The Balaban J connectivity index is 2.05. The second-order valence-corrected chi connectivity index (χ2v) is 6.79. The molecule has 0 saturated carbocycles. The molecule has 0 N–H and O–H groups in total. The van der Waals surface area contributed by atoms with Crippen molar-refractivity contribution in [2.75, 3.05) is 0 Å². The number of carbonyl (C=O) groups excluding carboxylic acids is 1. The number of rotatable bonds is 3. The maximum Gasteiger partial charge on any atom is 0.204 e. The summed E-state index contributed by atoms with van der Waals surface area (Å²) in [6.45, 7) is 0. The Hall–Kier alpha value is -2.88. The van der Waals surface area contributed by atoms with E-state index in [0.717, 1.165) is 0 Å². The summed E-state index contributed by atoms with van der Waals surface area (Å²) in [7, 11) is 0. The van der Waals surface area contributed by atoms with Gasteiger partial charge in [0, 0.05) is 16.1 Å². The normalized spacial score (nSPS) is 10.9. The van der Waals surface area contributed by atoms with Crippen molar-refractivity contribution >= 4 is 40.0 Å². The largest absolute Gasteiger partial charge is 0.455 e. The second-order valence-electron chi connectivity index (χ2n) is 5.95. The van der Waals surface area contributed by atoms with Crippen LogP contribution in [-0.4, -0.2) is 5.78 Å². The molecule has 0 aliphatic carbocycles. The van der Waals surface area contributed by atoms with Crippen LogP contribution < -0.4 is 5.43 Å². The van der Waals surface area contributed by atoms with Crippen LogP contribution in [-0.2, 0) is 0 Å². The van der Waals surface area contributed by atoms with Crippen LogP contribution in [0, 0.1) is 0 Å². The summed E-state index contributed by atoms with van der Waals surface area (Å²) in [6.07, 6.45) is 0. The zero-order valence-electron chi connectivity index (χ0n) is 13.9. The van der Waals surface area contributed by atoms with E-state index in [1.54, 1.807) is 72.8 Å². The lowest BCUT2D eigenvalue weighted by Gasteiger charge is -2.10. The van der Waals surface area contributed by atoms with Gasteiger partial charge in [-0.2, -0.15) is 0 Å². The number of halogens is 2. The minimum absolute atomic E-state index is 0.0517. The van der Waals surface area contributed by atoms with E-state index in [4.69, 9.17) is 27.6 Å². The van der Waals surface area contributed by atoms with E-state index in [9.17, 15) is 9.59 Å². The molecule has 4 aromatic rings. The zero-order valence-corrected chi connectivity index (χ0v) is 15.4. The lowest BCUT2D eigenvalue weighted by atomic mass is 9.97. The van der Waals surface area contributed by atoms with E-state index in [-0.39, 0.29) is 21.9 Å². The third-order valence-corrected chi connectivity index (χ3v) is 4.83. The molecule has 3 nitrogen and oxygen atoms in total. The average Bonchev–Trinajstić information content (AvgIpc) is 2.68. The average molecular weight is 395 g/mol. The van der Waals surface area contributed by atoms with Crippen LogP contribution in [0.5, 0.6) is 0 Å². The van der Waals surface area contributed by atoms with Crippen LogP contribution in [0.3, 0.4) is 0 Å². The summed E-state index contributed by atoms with van der Waals surface area (Å²) in [5.74, 6) is -0.287. The summed E-state index contributed by atoms with van der Waals surface area (Å²) < 4.78 is 5.98. The summed E-state index contributed by atoms with van der Waals surface area (Å²) in [5.41, 5.74) is 0.786. The van der Waals surface area contributed by atoms with Gasteiger partial charge in [0.1, 0.15) is 16.9 Å². The lowest BCUT2D eigenvalue weighted by Crippen LogP contribution is -2.18. The smallest absolute Gasteiger partial charge is 0.204 e. The van der Waals surface area contributed by atoms with Gasteiger partial charge >= 0.3 is 0 Å². The first-order chi connectivity index (χ1) is 13.1. The van der Waals surface area contributed by atoms with Crippen molar-refractivity contribution in [3.05, 3.63) is 104 Å². The molecular formula is C22H12Cl2O3. The highest BCUT2D eigenvalue weighted by molar-refractivity contribution is 6.35. The van der Waals surface area contributed by atoms with Crippen molar-refractivity contribution in [1.82, 2.24) is 0 Å². The van der Waals surface area contributed by atoms with E-state index >= 15 is 0 Å². The molecule has 0 bridgehead atoms. The minimum atomic E-state index is -0.481. The highest BCUT2D eigenvalue weighted by Gasteiger charge is 2.24. The van der Waals surface area contributed by atoms with E-state index in [1.165, 1.54) is 0 Å².